The Hall–Kier alpha value is -2.50. The van der Waals surface area contributed by atoms with E-state index in [1.54, 1.807) is 6.07 Å². The first-order chi connectivity index (χ1) is 16.0. The minimum Gasteiger partial charge on any atom is -0.303 e. The lowest BCUT2D eigenvalue weighted by atomic mass is 9.86. The van der Waals surface area contributed by atoms with Crippen molar-refractivity contribution in [2.75, 3.05) is 13.1 Å². The van der Waals surface area contributed by atoms with Crippen molar-refractivity contribution < 1.29 is 4.79 Å². The molecule has 2 aromatic carbocycles. The van der Waals surface area contributed by atoms with E-state index in [1.165, 1.54) is 11.1 Å². The van der Waals surface area contributed by atoms with E-state index in [0.29, 0.717) is 22.4 Å². The molecule has 170 valence electrons. The Kier molecular flexibility index (Phi) is 5.15. The van der Waals surface area contributed by atoms with Crippen LogP contribution in [0.2, 0.25) is 5.02 Å². The highest BCUT2D eigenvalue weighted by molar-refractivity contribution is 6.35. The van der Waals surface area contributed by atoms with Crippen LogP contribution in [0.15, 0.2) is 41.2 Å². The van der Waals surface area contributed by atoms with Gasteiger partial charge in [-0.15, -0.1) is 0 Å². The summed E-state index contributed by atoms with van der Waals surface area (Å²) in [6.45, 7) is 4.32. The van der Waals surface area contributed by atoms with Crippen LogP contribution in [0.4, 0.5) is 0 Å². The molecule has 33 heavy (non-hydrogen) atoms. The highest BCUT2D eigenvalue weighted by Crippen LogP contribution is 2.41. The summed E-state index contributed by atoms with van der Waals surface area (Å²) in [4.78, 5) is 30.9. The number of aromatic nitrogens is 2. The number of rotatable bonds is 3. The van der Waals surface area contributed by atoms with E-state index >= 15 is 0 Å². The zero-order valence-electron chi connectivity index (χ0n) is 18.8. The van der Waals surface area contributed by atoms with Crippen LogP contribution >= 0.6 is 11.6 Å². The zero-order chi connectivity index (χ0) is 22.7. The first-order valence-corrected chi connectivity index (χ1v) is 12.5. The molecule has 6 rings (SSSR count). The van der Waals surface area contributed by atoms with Crippen LogP contribution in [0.1, 0.15) is 67.8 Å². The molecule has 0 radical (unpaired) electrons. The topological polar surface area (TPSA) is 55.2 Å². The minimum atomic E-state index is -0.252. The second-order valence-corrected chi connectivity index (χ2v) is 10.4. The largest absolute Gasteiger partial charge is 0.303 e. The lowest BCUT2D eigenvalue weighted by Crippen LogP contribution is -2.36. The quantitative estimate of drug-likeness (QED) is 0.512. The van der Waals surface area contributed by atoms with Crippen LogP contribution in [-0.4, -0.2) is 39.9 Å². The average molecular weight is 462 g/mol. The maximum Gasteiger partial charge on any atom is 0.282 e. The lowest BCUT2D eigenvalue weighted by Gasteiger charge is -2.33. The van der Waals surface area contributed by atoms with Crippen molar-refractivity contribution in [3.8, 4) is 5.69 Å². The normalized spacial score (nSPS) is 27.0. The maximum absolute atomic E-state index is 12.7. The number of hydrogen-bond acceptors (Lipinski definition) is 4. The van der Waals surface area contributed by atoms with E-state index in [4.69, 9.17) is 11.6 Å². The van der Waals surface area contributed by atoms with Gasteiger partial charge in [-0.3, -0.25) is 14.3 Å². The Bertz CT molecular complexity index is 1310. The Labute approximate surface area is 198 Å². The molecule has 6 heteroatoms. The summed E-state index contributed by atoms with van der Waals surface area (Å²) >= 11 is 6.39. The molecule has 3 aromatic rings. The molecular formula is C27H28ClN3O2. The number of aldehydes is 1. The van der Waals surface area contributed by atoms with Crippen molar-refractivity contribution >= 4 is 28.8 Å². The molecule has 5 nitrogen and oxygen atoms in total. The molecule has 0 spiro atoms. The van der Waals surface area contributed by atoms with Crippen LogP contribution in [0.5, 0.6) is 0 Å². The number of halogens is 1. The smallest absolute Gasteiger partial charge is 0.282 e. The van der Waals surface area contributed by atoms with Gasteiger partial charge in [-0.2, -0.15) is 4.98 Å². The van der Waals surface area contributed by atoms with Crippen LogP contribution in [0.25, 0.3) is 16.6 Å². The zero-order valence-corrected chi connectivity index (χ0v) is 19.6. The summed E-state index contributed by atoms with van der Waals surface area (Å²) in [7, 11) is 0. The predicted molar refractivity (Wildman–Crippen MR) is 131 cm³/mol. The van der Waals surface area contributed by atoms with Gasteiger partial charge in [-0.05, 0) is 73.9 Å². The first kappa shape index (κ1) is 21.1. The van der Waals surface area contributed by atoms with Crippen molar-refractivity contribution in [2.45, 2.75) is 56.9 Å². The molecule has 1 aromatic heterocycles. The molecule has 2 aliphatic heterocycles. The predicted octanol–water partition coefficient (Wildman–Crippen LogP) is 5.05. The van der Waals surface area contributed by atoms with Gasteiger partial charge in [0.1, 0.15) is 12.1 Å². The number of nitrogens with zero attached hydrogens (tertiary/aromatic N) is 3. The van der Waals surface area contributed by atoms with E-state index in [2.05, 4.69) is 39.6 Å². The fourth-order valence-electron chi connectivity index (χ4n) is 6.30. The number of fused-ring (bicyclic) bond motifs is 5. The minimum absolute atomic E-state index is 0.0678. The fourth-order valence-corrected chi connectivity index (χ4v) is 6.55. The van der Waals surface area contributed by atoms with Gasteiger partial charge in [0.25, 0.3) is 5.56 Å². The SMILES string of the molecule is CC1c2ccc(C3CCN(C4CCC(C=O)CC4)C3)cc2-n2c1nc(=O)c1c(Cl)cccc12. The summed E-state index contributed by atoms with van der Waals surface area (Å²) in [6.07, 6.45) is 6.64. The first-order valence-electron chi connectivity index (χ1n) is 12.1. The monoisotopic (exact) mass is 461 g/mol. The second-order valence-electron chi connectivity index (χ2n) is 9.97. The van der Waals surface area contributed by atoms with Crippen molar-refractivity contribution in [3.63, 3.8) is 0 Å². The summed E-state index contributed by atoms with van der Waals surface area (Å²) in [5.74, 6) is 1.63. The van der Waals surface area contributed by atoms with Crippen LogP contribution < -0.4 is 5.56 Å². The molecule has 0 amide bonds. The molecule has 2 fully saturated rings. The maximum atomic E-state index is 12.7. The number of carbonyl (C=O) groups excluding carboxylic acids is 1. The summed E-state index contributed by atoms with van der Waals surface area (Å²) in [5, 5.41) is 0.944. The van der Waals surface area contributed by atoms with Crippen molar-refractivity contribution in [1.29, 1.82) is 0 Å². The Balaban J connectivity index is 1.33. The Morgan fingerprint density at radius 2 is 1.91 bits per heavy atom. The molecule has 1 saturated heterocycles. The van der Waals surface area contributed by atoms with Gasteiger partial charge >= 0.3 is 0 Å². The standard InChI is InChI=1S/C27H28ClN3O2/c1-16-21-10-7-18(19-11-12-30(14-19)20-8-5-17(15-32)6-9-20)13-24(21)31-23-4-2-3-22(28)25(23)27(33)29-26(16)31/h2-4,7,10,13,15-17,19-20H,5-6,8-9,11-12,14H2,1H3. The van der Waals surface area contributed by atoms with Crippen LogP contribution in [0, 0.1) is 5.92 Å². The Morgan fingerprint density at radius 3 is 2.70 bits per heavy atom. The van der Waals surface area contributed by atoms with E-state index in [0.717, 1.165) is 68.5 Å². The molecule has 1 aliphatic carbocycles. The molecule has 3 heterocycles. The highest BCUT2D eigenvalue weighted by atomic mass is 35.5. The van der Waals surface area contributed by atoms with Crippen molar-refractivity contribution in [3.05, 3.63) is 68.7 Å². The van der Waals surface area contributed by atoms with Gasteiger partial charge in [-0.1, -0.05) is 36.7 Å². The average Bonchev–Trinajstić information content (AvgIpc) is 3.43. The van der Waals surface area contributed by atoms with Gasteiger partial charge < -0.3 is 4.79 Å². The number of carbonyl (C=O) groups is 1. The van der Waals surface area contributed by atoms with Gasteiger partial charge in [0, 0.05) is 24.4 Å². The third-order valence-electron chi connectivity index (χ3n) is 8.18. The van der Waals surface area contributed by atoms with E-state index < -0.39 is 0 Å². The molecule has 2 atom stereocenters. The highest BCUT2D eigenvalue weighted by Gasteiger charge is 2.34. The molecule has 0 N–H and O–H groups in total. The van der Waals surface area contributed by atoms with E-state index in [-0.39, 0.29) is 17.4 Å². The molecule has 3 aliphatic rings. The van der Waals surface area contributed by atoms with Crippen molar-refractivity contribution in [2.24, 2.45) is 5.92 Å². The molecule has 2 unspecified atom stereocenters. The van der Waals surface area contributed by atoms with Crippen molar-refractivity contribution in [1.82, 2.24) is 14.5 Å². The van der Waals surface area contributed by atoms with Gasteiger partial charge in [0.2, 0.25) is 0 Å². The Morgan fingerprint density at radius 1 is 1.09 bits per heavy atom. The third-order valence-corrected chi connectivity index (χ3v) is 8.50. The van der Waals surface area contributed by atoms with Crippen LogP contribution in [-0.2, 0) is 4.79 Å². The summed E-state index contributed by atoms with van der Waals surface area (Å²) < 4.78 is 2.14. The van der Waals surface area contributed by atoms with E-state index in [9.17, 15) is 9.59 Å². The lowest BCUT2D eigenvalue weighted by molar-refractivity contribution is -0.112. The molecule has 0 bridgehead atoms. The fraction of sp³-hybridized carbons (Fsp3) is 0.444. The number of benzene rings is 2. The van der Waals surface area contributed by atoms with Gasteiger partial charge in [0.15, 0.2) is 0 Å². The summed E-state index contributed by atoms with van der Waals surface area (Å²) in [5.41, 5.74) is 4.27. The molecular weight excluding hydrogens is 434 g/mol. The molecule has 1 saturated carbocycles. The second kappa shape index (κ2) is 8.07. The number of likely N-dealkylation sites (tertiary alicyclic amines) is 1. The van der Waals surface area contributed by atoms with E-state index in [1.807, 2.05) is 12.1 Å². The third kappa shape index (κ3) is 3.36. The van der Waals surface area contributed by atoms with Gasteiger partial charge in [-0.25, -0.2) is 0 Å². The van der Waals surface area contributed by atoms with Crippen LogP contribution in [0.3, 0.4) is 0 Å². The summed E-state index contributed by atoms with van der Waals surface area (Å²) in [6, 6.07) is 13.0. The van der Waals surface area contributed by atoms with Gasteiger partial charge in [0.05, 0.1) is 21.6 Å². The number of hydrogen-bond donors (Lipinski definition) is 0.